The number of allylic oxidation sites excluding steroid dienone is 2. The van der Waals surface area contributed by atoms with Gasteiger partial charge in [-0.25, -0.2) is 9.69 Å². The fourth-order valence-electron chi connectivity index (χ4n) is 3.56. The molecule has 2 atom stereocenters. The molecule has 5 nitrogen and oxygen atoms in total. The van der Waals surface area contributed by atoms with Gasteiger partial charge in [-0.1, -0.05) is 11.1 Å². The molecule has 0 bridgehead atoms. The molecule has 2 heterocycles. The third-order valence-electron chi connectivity index (χ3n) is 5.30. The molecule has 0 aromatic carbocycles. The fourth-order valence-corrected chi connectivity index (χ4v) is 4.72. The Balaban J connectivity index is 2.07. The largest absolute Gasteiger partial charge is 0.465 e. The number of ether oxygens (including phenoxy) is 1. The number of hydrogen-bond donors (Lipinski definition) is 0. The molecular weight excluding hydrogens is 326 g/mol. The molecule has 1 aliphatic carbocycles. The molecule has 0 spiro atoms. The molecule has 0 saturated carbocycles. The van der Waals surface area contributed by atoms with Gasteiger partial charge in [-0.05, 0) is 46.1 Å². The number of imide groups is 1. The Morgan fingerprint density at radius 2 is 1.54 bits per heavy atom. The van der Waals surface area contributed by atoms with Gasteiger partial charge in [-0.2, -0.15) is 0 Å². The number of fused-ring (bicyclic) bond motifs is 1. The van der Waals surface area contributed by atoms with Crippen LogP contribution < -0.4 is 4.90 Å². The monoisotopic (exact) mass is 347 g/mol. The van der Waals surface area contributed by atoms with E-state index >= 15 is 0 Å². The van der Waals surface area contributed by atoms with E-state index in [1.165, 1.54) is 34.5 Å². The summed E-state index contributed by atoms with van der Waals surface area (Å²) < 4.78 is 4.86. The van der Waals surface area contributed by atoms with Gasteiger partial charge < -0.3 is 4.74 Å². The molecule has 6 heteroatoms. The first-order chi connectivity index (χ1) is 11.3. The molecule has 0 N–H and O–H groups in total. The van der Waals surface area contributed by atoms with Crippen molar-refractivity contribution in [2.45, 2.75) is 40.5 Å². The number of carbonyl (C=O) groups excluding carboxylic acids is 3. The number of nitrogens with zero attached hydrogens (tertiary/aromatic N) is 1. The average molecular weight is 347 g/mol. The minimum absolute atomic E-state index is 0.191. The molecule has 1 saturated heterocycles. The lowest BCUT2D eigenvalue weighted by Gasteiger charge is -2.23. The smallest absolute Gasteiger partial charge is 0.341 e. The highest BCUT2D eigenvalue weighted by Crippen LogP contribution is 2.45. The van der Waals surface area contributed by atoms with Crippen molar-refractivity contribution in [3.05, 3.63) is 27.2 Å². The summed E-state index contributed by atoms with van der Waals surface area (Å²) in [6.45, 7) is 7.73. The molecule has 2 aliphatic rings. The zero-order chi connectivity index (χ0) is 17.8. The van der Waals surface area contributed by atoms with Crippen LogP contribution in [-0.2, 0) is 14.3 Å². The maximum Gasteiger partial charge on any atom is 0.341 e. The molecule has 1 fully saturated rings. The normalized spacial score (nSPS) is 23.8. The van der Waals surface area contributed by atoms with Crippen molar-refractivity contribution in [1.82, 2.24) is 0 Å². The number of aryl methyl sites for hydroxylation is 1. The van der Waals surface area contributed by atoms with Gasteiger partial charge in [0.1, 0.15) is 5.00 Å². The van der Waals surface area contributed by atoms with Crippen LogP contribution >= 0.6 is 11.3 Å². The molecular formula is C18H21NO4S. The Bertz CT molecular complexity index is 757. The van der Waals surface area contributed by atoms with Crippen LogP contribution in [0.2, 0.25) is 0 Å². The molecule has 1 aliphatic heterocycles. The highest BCUT2D eigenvalue weighted by molar-refractivity contribution is 7.17. The van der Waals surface area contributed by atoms with Gasteiger partial charge in [0.2, 0.25) is 11.8 Å². The second-order valence-corrected chi connectivity index (χ2v) is 7.85. The molecule has 128 valence electrons. The second-order valence-electron chi connectivity index (χ2n) is 6.65. The standard InChI is InChI=1S/C18H21NO4S/c1-8-6-12-13(7-9(8)2)16(21)19(15(12)20)17-14(18(22)23-5)10(3)11(4)24-17/h12-13H,6-7H2,1-5H3/t12-,13-/m0/s1. The lowest BCUT2D eigenvalue weighted by molar-refractivity contribution is -0.122. The zero-order valence-corrected chi connectivity index (χ0v) is 15.4. The molecule has 0 radical (unpaired) electrons. The van der Waals surface area contributed by atoms with Crippen molar-refractivity contribution >= 4 is 34.1 Å². The second kappa shape index (κ2) is 5.84. The topological polar surface area (TPSA) is 63.7 Å². The highest BCUT2D eigenvalue weighted by Gasteiger charge is 2.51. The maximum absolute atomic E-state index is 12.9. The quantitative estimate of drug-likeness (QED) is 0.467. The van der Waals surface area contributed by atoms with Crippen molar-refractivity contribution in [2.24, 2.45) is 11.8 Å². The molecule has 3 rings (SSSR count). The van der Waals surface area contributed by atoms with Crippen LogP contribution in [-0.4, -0.2) is 24.9 Å². The van der Waals surface area contributed by atoms with Gasteiger partial charge in [0.25, 0.3) is 0 Å². The van der Waals surface area contributed by atoms with Crippen molar-refractivity contribution < 1.29 is 19.1 Å². The number of rotatable bonds is 2. The van der Waals surface area contributed by atoms with Crippen molar-refractivity contribution in [1.29, 1.82) is 0 Å². The van der Waals surface area contributed by atoms with Crippen LogP contribution in [0, 0.1) is 25.7 Å². The summed E-state index contributed by atoms with van der Waals surface area (Å²) in [5.41, 5.74) is 3.47. The SMILES string of the molecule is COC(=O)c1c(N2C(=O)[C@H]3CC(C)=C(C)C[C@@H]3C2=O)sc(C)c1C. The Labute approximate surface area is 145 Å². The summed E-state index contributed by atoms with van der Waals surface area (Å²) in [5, 5.41) is 0.413. The van der Waals surface area contributed by atoms with Crippen LogP contribution in [0.15, 0.2) is 11.1 Å². The summed E-state index contributed by atoms with van der Waals surface area (Å²) in [4.78, 5) is 40.2. The van der Waals surface area contributed by atoms with E-state index in [1.54, 1.807) is 0 Å². The van der Waals surface area contributed by atoms with E-state index in [4.69, 9.17) is 4.74 Å². The predicted octanol–water partition coefficient (Wildman–Crippen LogP) is 3.39. The summed E-state index contributed by atoms with van der Waals surface area (Å²) in [5.74, 6) is -1.51. The predicted molar refractivity (Wildman–Crippen MR) is 92.2 cm³/mol. The summed E-state index contributed by atoms with van der Waals surface area (Å²) >= 11 is 1.31. The van der Waals surface area contributed by atoms with Gasteiger partial charge in [-0.15, -0.1) is 11.3 Å². The maximum atomic E-state index is 12.9. The first-order valence-corrected chi connectivity index (χ1v) is 8.80. The van der Waals surface area contributed by atoms with Crippen LogP contribution in [0.3, 0.4) is 0 Å². The molecule has 2 amide bonds. The van der Waals surface area contributed by atoms with E-state index in [-0.39, 0.29) is 23.7 Å². The molecule has 1 aromatic rings. The zero-order valence-electron chi connectivity index (χ0n) is 14.6. The van der Waals surface area contributed by atoms with Crippen molar-refractivity contribution in [3.63, 3.8) is 0 Å². The van der Waals surface area contributed by atoms with Crippen molar-refractivity contribution in [3.8, 4) is 0 Å². The third-order valence-corrected chi connectivity index (χ3v) is 6.49. The van der Waals surface area contributed by atoms with E-state index in [1.807, 2.05) is 27.7 Å². The highest BCUT2D eigenvalue weighted by atomic mass is 32.1. The average Bonchev–Trinajstić information content (AvgIpc) is 2.95. The fraction of sp³-hybridized carbons (Fsp3) is 0.500. The number of methoxy groups -OCH3 is 1. The van der Waals surface area contributed by atoms with Gasteiger partial charge in [0, 0.05) is 4.88 Å². The summed E-state index contributed by atoms with van der Waals surface area (Å²) in [6, 6.07) is 0. The molecule has 0 unspecified atom stereocenters. The first kappa shape index (κ1) is 16.9. The Morgan fingerprint density at radius 3 is 2.00 bits per heavy atom. The van der Waals surface area contributed by atoms with Gasteiger partial charge in [-0.3, -0.25) is 9.59 Å². The number of thiophene rings is 1. The van der Waals surface area contributed by atoms with E-state index in [0.29, 0.717) is 23.4 Å². The van der Waals surface area contributed by atoms with E-state index < -0.39 is 5.97 Å². The van der Waals surface area contributed by atoms with Gasteiger partial charge in [0.05, 0.1) is 24.5 Å². The number of amides is 2. The third kappa shape index (κ3) is 2.32. The Kier molecular flexibility index (Phi) is 4.11. The Morgan fingerprint density at radius 1 is 1.04 bits per heavy atom. The minimum atomic E-state index is -0.507. The number of esters is 1. The molecule has 24 heavy (non-hydrogen) atoms. The van der Waals surface area contributed by atoms with Crippen LogP contribution in [0.4, 0.5) is 5.00 Å². The lowest BCUT2D eigenvalue weighted by atomic mass is 9.78. The first-order valence-electron chi connectivity index (χ1n) is 7.99. The van der Waals surface area contributed by atoms with E-state index in [9.17, 15) is 14.4 Å². The van der Waals surface area contributed by atoms with E-state index in [2.05, 4.69) is 0 Å². The van der Waals surface area contributed by atoms with Gasteiger partial charge >= 0.3 is 5.97 Å². The Hall–Kier alpha value is -1.95. The number of anilines is 1. The number of hydrogen-bond acceptors (Lipinski definition) is 5. The minimum Gasteiger partial charge on any atom is -0.465 e. The lowest BCUT2D eigenvalue weighted by Crippen LogP contribution is -2.31. The van der Waals surface area contributed by atoms with E-state index in [0.717, 1.165) is 10.4 Å². The van der Waals surface area contributed by atoms with Crippen molar-refractivity contribution in [2.75, 3.05) is 12.0 Å². The summed E-state index contributed by atoms with van der Waals surface area (Å²) in [6.07, 6.45) is 1.24. The van der Waals surface area contributed by atoms with Gasteiger partial charge in [0.15, 0.2) is 0 Å². The summed E-state index contributed by atoms with van der Waals surface area (Å²) in [7, 11) is 1.31. The van der Waals surface area contributed by atoms with Crippen LogP contribution in [0.1, 0.15) is 47.5 Å². The molecule has 1 aromatic heterocycles. The van der Waals surface area contributed by atoms with Crippen LogP contribution in [0.25, 0.3) is 0 Å². The number of carbonyl (C=O) groups is 3. The van der Waals surface area contributed by atoms with Crippen LogP contribution in [0.5, 0.6) is 0 Å².